The highest BCUT2D eigenvalue weighted by atomic mass is 32.1. The van der Waals surface area contributed by atoms with Crippen LogP contribution in [0.5, 0.6) is 5.75 Å². The molecular formula is C13H17NO4S. The quantitative estimate of drug-likeness (QED) is 0.899. The van der Waals surface area contributed by atoms with Crippen LogP contribution in [0.1, 0.15) is 35.4 Å². The number of methoxy groups -OCH3 is 1. The number of carboxylic acid groups (broad SMARTS) is 1. The van der Waals surface area contributed by atoms with Crippen molar-refractivity contribution in [2.45, 2.75) is 31.7 Å². The molecule has 104 valence electrons. The van der Waals surface area contributed by atoms with E-state index >= 15 is 0 Å². The van der Waals surface area contributed by atoms with Gasteiger partial charge in [-0.15, -0.1) is 11.3 Å². The van der Waals surface area contributed by atoms with Crippen LogP contribution in [0.15, 0.2) is 11.4 Å². The van der Waals surface area contributed by atoms with Crippen molar-refractivity contribution >= 4 is 23.2 Å². The maximum absolute atomic E-state index is 12.4. The van der Waals surface area contributed by atoms with E-state index in [4.69, 9.17) is 9.84 Å². The number of amides is 1. The molecule has 0 saturated heterocycles. The van der Waals surface area contributed by atoms with E-state index in [1.807, 2.05) is 0 Å². The molecule has 0 aliphatic heterocycles. The number of aliphatic carboxylic acids is 1. The number of carbonyl (C=O) groups excluding carboxylic acids is 1. The summed E-state index contributed by atoms with van der Waals surface area (Å²) in [6.07, 6.45) is 3.90. The van der Waals surface area contributed by atoms with E-state index in [0.717, 1.165) is 25.7 Å². The summed E-state index contributed by atoms with van der Waals surface area (Å²) in [5.41, 5.74) is 0. The van der Waals surface area contributed by atoms with Gasteiger partial charge in [0.15, 0.2) is 0 Å². The zero-order valence-electron chi connectivity index (χ0n) is 10.8. The molecule has 1 aromatic rings. The maximum atomic E-state index is 12.4. The highest BCUT2D eigenvalue weighted by Crippen LogP contribution is 2.28. The predicted octanol–water partition coefficient (Wildman–Crippen LogP) is 2.23. The molecule has 5 nitrogen and oxygen atoms in total. The third-order valence-corrected chi connectivity index (χ3v) is 4.25. The smallest absolute Gasteiger partial charge is 0.323 e. The van der Waals surface area contributed by atoms with Gasteiger partial charge in [-0.1, -0.05) is 12.8 Å². The number of rotatable bonds is 5. The van der Waals surface area contributed by atoms with Crippen molar-refractivity contribution in [1.29, 1.82) is 0 Å². The van der Waals surface area contributed by atoms with Crippen LogP contribution < -0.4 is 4.74 Å². The molecule has 1 fully saturated rings. The van der Waals surface area contributed by atoms with Crippen LogP contribution in [-0.4, -0.2) is 41.6 Å². The average molecular weight is 283 g/mol. The minimum atomic E-state index is -0.969. The lowest BCUT2D eigenvalue weighted by molar-refractivity contribution is -0.138. The molecule has 0 radical (unpaired) electrons. The monoisotopic (exact) mass is 283 g/mol. The molecule has 0 atom stereocenters. The molecule has 2 rings (SSSR count). The molecule has 1 amide bonds. The number of thiophene rings is 1. The minimum Gasteiger partial charge on any atom is -0.496 e. The van der Waals surface area contributed by atoms with E-state index in [2.05, 4.69) is 0 Å². The van der Waals surface area contributed by atoms with Crippen molar-refractivity contribution in [2.24, 2.45) is 0 Å². The summed E-state index contributed by atoms with van der Waals surface area (Å²) in [6.45, 7) is -0.232. The Morgan fingerprint density at radius 2 is 2.16 bits per heavy atom. The first-order valence-corrected chi connectivity index (χ1v) is 7.15. The lowest BCUT2D eigenvalue weighted by Crippen LogP contribution is -2.41. The molecule has 1 aliphatic rings. The van der Waals surface area contributed by atoms with Crippen LogP contribution in [0.25, 0.3) is 0 Å². The molecule has 0 spiro atoms. The van der Waals surface area contributed by atoms with Crippen molar-refractivity contribution in [3.05, 3.63) is 16.3 Å². The van der Waals surface area contributed by atoms with E-state index in [1.54, 1.807) is 18.6 Å². The van der Waals surface area contributed by atoms with Gasteiger partial charge >= 0.3 is 5.97 Å². The van der Waals surface area contributed by atoms with Crippen LogP contribution in [0.3, 0.4) is 0 Å². The summed E-state index contributed by atoms with van der Waals surface area (Å²) in [5.74, 6) is -0.540. The van der Waals surface area contributed by atoms with Crippen LogP contribution >= 0.6 is 11.3 Å². The first-order valence-electron chi connectivity index (χ1n) is 6.27. The second-order valence-electron chi connectivity index (χ2n) is 4.62. The standard InChI is InChI=1S/C13H17NO4S/c1-18-10-6-11(19-8-10)13(17)14(7-12(15)16)9-4-2-3-5-9/h6,8-9H,2-5,7H2,1H3,(H,15,16). The Balaban J connectivity index is 2.16. The van der Waals surface area contributed by atoms with Gasteiger partial charge in [0.2, 0.25) is 0 Å². The van der Waals surface area contributed by atoms with Gasteiger partial charge in [-0.3, -0.25) is 9.59 Å². The fourth-order valence-electron chi connectivity index (χ4n) is 2.41. The van der Waals surface area contributed by atoms with Gasteiger partial charge in [0.1, 0.15) is 12.3 Å². The number of hydrogen-bond donors (Lipinski definition) is 1. The zero-order chi connectivity index (χ0) is 13.8. The van der Waals surface area contributed by atoms with Gasteiger partial charge in [-0.05, 0) is 12.8 Å². The molecular weight excluding hydrogens is 266 g/mol. The fourth-order valence-corrected chi connectivity index (χ4v) is 3.22. The number of carboxylic acids is 1. The Morgan fingerprint density at radius 1 is 1.47 bits per heavy atom. The zero-order valence-corrected chi connectivity index (χ0v) is 11.6. The van der Waals surface area contributed by atoms with E-state index in [9.17, 15) is 9.59 Å². The molecule has 0 bridgehead atoms. The normalized spacial score (nSPS) is 15.4. The molecule has 1 aliphatic carbocycles. The summed E-state index contributed by atoms with van der Waals surface area (Å²) in [5, 5.41) is 10.7. The van der Waals surface area contributed by atoms with Gasteiger partial charge in [0, 0.05) is 17.5 Å². The fraction of sp³-hybridized carbons (Fsp3) is 0.538. The van der Waals surface area contributed by atoms with Crippen molar-refractivity contribution in [3.63, 3.8) is 0 Å². The Morgan fingerprint density at radius 3 is 2.68 bits per heavy atom. The third-order valence-electron chi connectivity index (χ3n) is 3.35. The van der Waals surface area contributed by atoms with E-state index in [-0.39, 0.29) is 18.5 Å². The molecule has 1 aromatic heterocycles. The van der Waals surface area contributed by atoms with Crippen LogP contribution in [0.4, 0.5) is 0 Å². The maximum Gasteiger partial charge on any atom is 0.323 e. The number of nitrogens with zero attached hydrogens (tertiary/aromatic N) is 1. The van der Waals surface area contributed by atoms with Gasteiger partial charge in [0.05, 0.1) is 12.0 Å². The van der Waals surface area contributed by atoms with Crippen molar-refractivity contribution in [2.75, 3.05) is 13.7 Å². The summed E-state index contributed by atoms with van der Waals surface area (Å²) in [7, 11) is 1.54. The summed E-state index contributed by atoms with van der Waals surface area (Å²) >= 11 is 1.29. The first-order chi connectivity index (χ1) is 9.11. The van der Waals surface area contributed by atoms with Crippen molar-refractivity contribution in [1.82, 2.24) is 4.90 Å². The van der Waals surface area contributed by atoms with E-state index in [0.29, 0.717) is 10.6 Å². The van der Waals surface area contributed by atoms with E-state index < -0.39 is 5.97 Å². The second-order valence-corrected chi connectivity index (χ2v) is 5.53. The van der Waals surface area contributed by atoms with Crippen LogP contribution in [0.2, 0.25) is 0 Å². The Bertz CT molecular complexity index is 465. The summed E-state index contributed by atoms with van der Waals surface area (Å²) in [4.78, 5) is 25.4. The summed E-state index contributed by atoms with van der Waals surface area (Å²) in [6, 6.07) is 1.72. The van der Waals surface area contributed by atoms with Gasteiger partial charge < -0.3 is 14.7 Å². The SMILES string of the molecule is COc1csc(C(=O)N(CC(=O)O)C2CCCC2)c1. The average Bonchev–Trinajstić information content (AvgIpc) is 3.05. The van der Waals surface area contributed by atoms with E-state index in [1.165, 1.54) is 16.2 Å². The lowest BCUT2D eigenvalue weighted by Gasteiger charge is -2.26. The number of carbonyl (C=O) groups is 2. The van der Waals surface area contributed by atoms with Gasteiger partial charge in [-0.2, -0.15) is 0 Å². The third kappa shape index (κ3) is 3.26. The first kappa shape index (κ1) is 13.9. The molecule has 0 unspecified atom stereocenters. The summed E-state index contributed by atoms with van der Waals surface area (Å²) < 4.78 is 5.05. The number of hydrogen-bond acceptors (Lipinski definition) is 4. The Kier molecular flexibility index (Phi) is 4.42. The van der Waals surface area contributed by atoms with Crippen molar-refractivity contribution < 1.29 is 19.4 Å². The highest BCUT2D eigenvalue weighted by Gasteiger charge is 2.29. The lowest BCUT2D eigenvalue weighted by atomic mass is 10.2. The van der Waals surface area contributed by atoms with Crippen LogP contribution in [-0.2, 0) is 4.79 Å². The molecule has 1 heterocycles. The van der Waals surface area contributed by atoms with Crippen LogP contribution in [0, 0.1) is 0 Å². The minimum absolute atomic E-state index is 0.0525. The largest absolute Gasteiger partial charge is 0.496 e. The molecule has 1 saturated carbocycles. The van der Waals surface area contributed by atoms with Gasteiger partial charge in [0.25, 0.3) is 5.91 Å². The highest BCUT2D eigenvalue weighted by molar-refractivity contribution is 7.12. The Labute approximate surface area is 115 Å². The molecule has 0 aromatic carbocycles. The van der Waals surface area contributed by atoms with Gasteiger partial charge in [-0.25, -0.2) is 0 Å². The molecule has 6 heteroatoms. The predicted molar refractivity (Wildman–Crippen MR) is 71.8 cm³/mol. The molecule has 19 heavy (non-hydrogen) atoms. The topological polar surface area (TPSA) is 66.8 Å². The Hall–Kier alpha value is -1.56. The van der Waals surface area contributed by atoms with Crippen molar-refractivity contribution in [3.8, 4) is 5.75 Å². The molecule has 1 N–H and O–H groups in total. The number of ether oxygens (including phenoxy) is 1. The second kappa shape index (κ2) is 6.06.